The Kier molecular flexibility index (Phi) is 8.51. The maximum Gasteiger partial charge on any atom is 0.157 e. The molecule has 1 aliphatic carbocycles. The monoisotopic (exact) mass is 404 g/mol. The lowest BCUT2D eigenvalue weighted by Crippen LogP contribution is -2.32. The van der Waals surface area contributed by atoms with Crippen molar-refractivity contribution in [3.63, 3.8) is 0 Å². The number of ether oxygens (including phenoxy) is 2. The lowest BCUT2D eigenvalue weighted by atomic mass is 9.81. The van der Waals surface area contributed by atoms with Crippen LogP contribution in [-0.4, -0.2) is 19.5 Å². The first kappa shape index (κ1) is 22.2. The van der Waals surface area contributed by atoms with Gasteiger partial charge in [0.15, 0.2) is 6.29 Å². The fourth-order valence-corrected chi connectivity index (χ4v) is 4.39. The maximum absolute atomic E-state index is 14.5. The molecule has 0 N–H and O–H groups in total. The van der Waals surface area contributed by atoms with Crippen LogP contribution in [0.15, 0.2) is 12.1 Å². The summed E-state index contributed by atoms with van der Waals surface area (Å²) in [5.74, 6) is 6.27. The predicted octanol–water partition coefficient (Wildman–Crippen LogP) is 6.25. The molecule has 0 bridgehead atoms. The molecular formula is C25H34F2O2. The molecule has 0 spiro atoms. The van der Waals surface area contributed by atoms with Crippen LogP contribution in [0, 0.1) is 41.2 Å². The van der Waals surface area contributed by atoms with Gasteiger partial charge in [-0.15, -0.1) is 0 Å². The van der Waals surface area contributed by atoms with E-state index in [4.69, 9.17) is 9.47 Å². The van der Waals surface area contributed by atoms with Gasteiger partial charge in [-0.3, -0.25) is 0 Å². The molecule has 1 aliphatic heterocycles. The number of halogens is 2. The number of aryl methyl sites for hydroxylation is 1. The molecule has 2 fully saturated rings. The maximum atomic E-state index is 14.5. The molecular weight excluding hydrogens is 370 g/mol. The highest BCUT2D eigenvalue weighted by molar-refractivity contribution is 5.39. The van der Waals surface area contributed by atoms with Crippen molar-refractivity contribution < 1.29 is 18.3 Å². The minimum Gasteiger partial charge on any atom is -0.352 e. The first-order chi connectivity index (χ1) is 14.1. The molecule has 2 nitrogen and oxygen atoms in total. The summed E-state index contributed by atoms with van der Waals surface area (Å²) in [5, 5.41) is 0. The van der Waals surface area contributed by atoms with Gasteiger partial charge < -0.3 is 9.47 Å². The van der Waals surface area contributed by atoms with Crippen molar-refractivity contribution in [3.8, 4) is 11.8 Å². The normalized spacial score (nSPS) is 27.3. The third kappa shape index (κ3) is 6.52. The van der Waals surface area contributed by atoms with Crippen LogP contribution in [0.1, 0.15) is 76.3 Å². The first-order valence-corrected chi connectivity index (χ1v) is 11.3. The second-order valence-electron chi connectivity index (χ2n) is 8.62. The van der Waals surface area contributed by atoms with Gasteiger partial charge in [-0.2, -0.15) is 0 Å². The van der Waals surface area contributed by atoms with Crippen molar-refractivity contribution in [2.24, 2.45) is 17.8 Å². The van der Waals surface area contributed by atoms with Crippen LogP contribution >= 0.6 is 0 Å². The van der Waals surface area contributed by atoms with Crippen LogP contribution in [0.3, 0.4) is 0 Å². The third-order valence-corrected chi connectivity index (χ3v) is 6.33. The van der Waals surface area contributed by atoms with Crippen LogP contribution < -0.4 is 0 Å². The van der Waals surface area contributed by atoms with Crippen LogP contribution in [0.25, 0.3) is 0 Å². The van der Waals surface area contributed by atoms with E-state index in [-0.39, 0.29) is 17.8 Å². The second kappa shape index (κ2) is 11.1. The Morgan fingerprint density at radius 2 is 1.59 bits per heavy atom. The Morgan fingerprint density at radius 3 is 2.17 bits per heavy atom. The first-order valence-electron chi connectivity index (χ1n) is 11.3. The fraction of sp³-hybridized carbons (Fsp3) is 0.680. The molecule has 0 aromatic heterocycles. The second-order valence-corrected chi connectivity index (χ2v) is 8.62. The summed E-state index contributed by atoms with van der Waals surface area (Å²) in [6.45, 7) is 5.78. The van der Waals surface area contributed by atoms with Gasteiger partial charge >= 0.3 is 0 Å². The Morgan fingerprint density at radius 1 is 0.931 bits per heavy atom. The molecule has 3 rings (SSSR count). The van der Waals surface area contributed by atoms with Crippen molar-refractivity contribution in [1.82, 2.24) is 0 Å². The van der Waals surface area contributed by atoms with Gasteiger partial charge in [0.25, 0.3) is 0 Å². The third-order valence-electron chi connectivity index (χ3n) is 6.33. The highest BCUT2D eigenvalue weighted by Crippen LogP contribution is 2.30. The van der Waals surface area contributed by atoms with E-state index in [9.17, 15) is 8.78 Å². The topological polar surface area (TPSA) is 18.5 Å². The zero-order valence-electron chi connectivity index (χ0n) is 17.8. The molecule has 0 atom stereocenters. The van der Waals surface area contributed by atoms with Crippen LogP contribution in [0.4, 0.5) is 8.78 Å². The quantitative estimate of drug-likeness (QED) is 0.521. The van der Waals surface area contributed by atoms with Gasteiger partial charge in [0.1, 0.15) is 11.6 Å². The summed E-state index contributed by atoms with van der Waals surface area (Å²) < 4.78 is 40.4. The van der Waals surface area contributed by atoms with Gasteiger partial charge in [-0.1, -0.05) is 38.5 Å². The Labute approximate surface area is 174 Å². The van der Waals surface area contributed by atoms with Crippen molar-refractivity contribution in [1.29, 1.82) is 0 Å². The van der Waals surface area contributed by atoms with Gasteiger partial charge in [-0.25, -0.2) is 8.78 Å². The van der Waals surface area contributed by atoms with Gasteiger partial charge in [0.2, 0.25) is 0 Å². The molecule has 1 heterocycles. The lowest BCUT2D eigenvalue weighted by molar-refractivity contribution is -0.203. The Hall–Kier alpha value is -1.44. The summed E-state index contributed by atoms with van der Waals surface area (Å²) in [6, 6.07) is 2.81. The zero-order valence-corrected chi connectivity index (χ0v) is 17.8. The van der Waals surface area contributed by atoms with Gasteiger partial charge in [0, 0.05) is 18.3 Å². The molecule has 1 aromatic carbocycles. The average Bonchev–Trinajstić information content (AvgIpc) is 2.73. The molecule has 2 aliphatic rings. The van der Waals surface area contributed by atoms with Crippen LogP contribution in [0.2, 0.25) is 0 Å². The molecule has 4 heteroatoms. The zero-order chi connectivity index (χ0) is 20.6. The van der Waals surface area contributed by atoms with Crippen molar-refractivity contribution >= 4 is 0 Å². The molecule has 1 saturated heterocycles. The van der Waals surface area contributed by atoms with E-state index in [1.807, 2.05) is 0 Å². The highest BCUT2D eigenvalue weighted by Gasteiger charge is 2.22. The van der Waals surface area contributed by atoms with Crippen LogP contribution in [-0.2, 0) is 15.9 Å². The smallest absolute Gasteiger partial charge is 0.157 e. The SMILES string of the molecule is CCCC1COC(CCc2cc(F)c(C#CC3CCC(CC)CC3)c(F)c2)OC1. The minimum atomic E-state index is -0.566. The van der Waals surface area contributed by atoms with E-state index in [0.717, 1.165) is 31.6 Å². The highest BCUT2D eigenvalue weighted by atomic mass is 19.1. The van der Waals surface area contributed by atoms with Gasteiger partial charge in [-0.05, 0) is 62.1 Å². The summed E-state index contributed by atoms with van der Waals surface area (Å²) in [7, 11) is 0. The minimum absolute atomic E-state index is 0.0982. The standard InChI is InChI=1S/C25H34F2O2/c1-3-5-21-16-28-25(29-17-21)13-11-20-14-23(26)22(24(27)15-20)12-10-19-8-6-18(4-2)7-9-19/h14-15,18-19,21,25H,3-9,11,13,16-17H2,1-2H3. The fourth-order valence-electron chi connectivity index (χ4n) is 4.39. The van der Waals surface area contributed by atoms with Crippen molar-refractivity contribution in [3.05, 3.63) is 34.9 Å². The van der Waals surface area contributed by atoms with E-state index in [1.165, 1.54) is 31.4 Å². The Bertz CT molecular complexity index is 682. The number of hydrogen-bond donors (Lipinski definition) is 0. The number of hydrogen-bond acceptors (Lipinski definition) is 2. The Balaban J connectivity index is 1.53. The van der Waals surface area contributed by atoms with Crippen molar-refractivity contribution in [2.45, 2.75) is 77.9 Å². The molecule has 0 radical (unpaired) electrons. The van der Waals surface area contributed by atoms with E-state index >= 15 is 0 Å². The molecule has 160 valence electrons. The summed E-state index contributed by atoms with van der Waals surface area (Å²) >= 11 is 0. The number of benzene rings is 1. The summed E-state index contributed by atoms with van der Waals surface area (Å²) in [5.41, 5.74) is 0.524. The van der Waals surface area contributed by atoms with E-state index in [1.54, 1.807) is 0 Å². The molecule has 29 heavy (non-hydrogen) atoms. The van der Waals surface area contributed by atoms with E-state index in [0.29, 0.717) is 37.5 Å². The molecule has 0 amide bonds. The van der Waals surface area contributed by atoms with E-state index in [2.05, 4.69) is 25.7 Å². The molecule has 1 aromatic rings. The largest absolute Gasteiger partial charge is 0.352 e. The predicted molar refractivity (Wildman–Crippen MR) is 111 cm³/mol. The molecule has 1 saturated carbocycles. The summed E-state index contributed by atoms with van der Waals surface area (Å²) in [6.07, 6.45) is 8.68. The van der Waals surface area contributed by atoms with Crippen molar-refractivity contribution in [2.75, 3.05) is 13.2 Å². The average molecular weight is 405 g/mol. The molecule has 0 unspecified atom stereocenters. The summed E-state index contributed by atoms with van der Waals surface area (Å²) in [4.78, 5) is 0. The van der Waals surface area contributed by atoms with Crippen LogP contribution in [0.5, 0.6) is 0 Å². The van der Waals surface area contributed by atoms with E-state index < -0.39 is 11.6 Å². The number of rotatable bonds is 6. The lowest BCUT2D eigenvalue weighted by Gasteiger charge is -2.29. The van der Waals surface area contributed by atoms with Gasteiger partial charge in [0.05, 0.1) is 18.8 Å².